The fourth-order valence-electron chi connectivity index (χ4n) is 2.22. The predicted molar refractivity (Wildman–Crippen MR) is 67.3 cm³/mol. The molecule has 5 nitrogen and oxygen atoms in total. The van der Waals surface area contributed by atoms with Gasteiger partial charge in [-0.3, -0.25) is 4.90 Å². The average molecular weight is 249 g/mol. The van der Waals surface area contributed by atoms with Gasteiger partial charge < -0.3 is 5.11 Å². The van der Waals surface area contributed by atoms with E-state index < -0.39 is 5.97 Å². The maximum atomic E-state index is 11.1. The van der Waals surface area contributed by atoms with E-state index >= 15 is 0 Å². The number of carboxylic acid groups (broad SMARTS) is 1. The summed E-state index contributed by atoms with van der Waals surface area (Å²) < 4.78 is 0. The number of hydrogen-bond acceptors (Lipinski definition) is 4. The van der Waals surface area contributed by atoms with Crippen molar-refractivity contribution in [3.63, 3.8) is 0 Å². The number of aromatic carboxylic acids is 1. The molecule has 0 aliphatic heterocycles. The third kappa shape index (κ3) is 3.04. The van der Waals surface area contributed by atoms with Crippen LogP contribution in [0.25, 0.3) is 0 Å². The summed E-state index contributed by atoms with van der Waals surface area (Å²) >= 11 is 0. The van der Waals surface area contributed by atoms with Crippen molar-refractivity contribution < 1.29 is 9.90 Å². The monoisotopic (exact) mass is 249 g/mol. The molecule has 1 fully saturated rings. The van der Waals surface area contributed by atoms with Gasteiger partial charge in [0, 0.05) is 19.3 Å². The van der Waals surface area contributed by atoms with Crippen molar-refractivity contribution in [1.29, 1.82) is 0 Å². The van der Waals surface area contributed by atoms with Crippen molar-refractivity contribution in [2.75, 3.05) is 13.1 Å². The predicted octanol–water partition coefficient (Wildman–Crippen LogP) is 1.80. The van der Waals surface area contributed by atoms with Gasteiger partial charge in [-0.15, -0.1) is 0 Å². The Balaban J connectivity index is 2.03. The third-order valence-electron chi connectivity index (χ3n) is 3.59. The van der Waals surface area contributed by atoms with Crippen LogP contribution in [0.15, 0.2) is 12.5 Å². The van der Waals surface area contributed by atoms with Gasteiger partial charge in [0.05, 0.1) is 5.69 Å². The van der Waals surface area contributed by atoms with Crippen LogP contribution in [-0.4, -0.2) is 39.0 Å². The highest BCUT2D eigenvalue weighted by Crippen LogP contribution is 2.27. The van der Waals surface area contributed by atoms with Crippen molar-refractivity contribution in [2.24, 2.45) is 5.92 Å². The van der Waals surface area contributed by atoms with Crippen LogP contribution < -0.4 is 0 Å². The summed E-state index contributed by atoms with van der Waals surface area (Å²) in [4.78, 5) is 21.2. The van der Waals surface area contributed by atoms with Crippen LogP contribution in [0.2, 0.25) is 0 Å². The molecule has 1 N–H and O–H groups in total. The topological polar surface area (TPSA) is 66.3 Å². The second kappa shape index (κ2) is 5.91. The molecule has 0 aromatic carbocycles. The number of carbonyl (C=O) groups is 1. The molecule has 1 saturated carbocycles. The van der Waals surface area contributed by atoms with E-state index in [1.165, 1.54) is 31.8 Å². The minimum atomic E-state index is -0.953. The van der Waals surface area contributed by atoms with Gasteiger partial charge in [0.1, 0.15) is 11.9 Å². The highest BCUT2D eigenvalue weighted by atomic mass is 16.4. The molecule has 0 amide bonds. The Labute approximate surface area is 107 Å². The first-order valence-electron chi connectivity index (χ1n) is 6.45. The van der Waals surface area contributed by atoms with Crippen LogP contribution in [0.4, 0.5) is 0 Å². The van der Waals surface area contributed by atoms with E-state index in [1.54, 1.807) is 0 Å². The molecule has 0 bridgehead atoms. The Morgan fingerprint density at radius 3 is 2.89 bits per heavy atom. The first-order chi connectivity index (χ1) is 8.70. The summed E-state index contributed by atoms with van der Waals surface area (Å²) in [5.74, 6) is -0.176. The lowest BCUT2D eigenvalue weighted by molar-refractivity contribution is 0.0692. The lowest BCUT2D eigenvalue weighted by Gasteiger charge is -2.31. The van der Waals surface area contributed by atoms with Gasteiger partial charge in [-0.2, -0.15) is 0 Å². The minimum Gasteiger partial charge on any atom is -0.478 e. The number of rotatable bonds is 6. The summed E-state index contributed by atoms with van der Waals surface area (Å²) in [5, 5.41) is 9.09. The van der Waals surface area contributed by atoms with Crippen LogP contribution >= 0.6 is 0 Å². The summed E-state index contributed by atoms with van der Waals surface area (Å²) in [6, 6.07) is 0. The Morgan fingerprint density at radius 1 is 1.56 bits per heavy atom. The van der Waals surface area contributed by atoms with E-state index in [2.05, 4.69) is 21.8 Å². The standard InChI is InChI=1S/C13H19N3O2/c1-2-16(7-10-4-3-5-10)8-12-11(13(17)18)6-14-9-15-12/h6,9-10H,2-5,7-8H2,1H3,(H,17,18). The van der Waals surface area contributed by atoms with E-state index in [4.69, 9.17) is 5.11 Å². The normalized spacial score (nSPS) is 15.7. The van der Waals surface area contributed by atoms with Gasteiger partial charge in [0.15, 0.2) is 0 Å². The molecule has 1 aromatic heterocycles. The second-order valence-corrected chi connectivity index (χ2v) is 4.81. The maximum Gasteiger partial charge on any atom is 0.339 e. The summed E-state index contributed by atoms with van der Waals surface area (Å²) in [5.41, 5.74) is 0.822. The van der Waals surface area contributed by atoms with Gasteiger partial charge >= 0.3 is 5.97 Å². The van der Waals surface area contributed by atoms with Crippen molar-refractivity contribution in [3.05, 3.63) is 23.8 Å². The molecule has 1 aromatic rings. The SMILES string of the molecule is CCN(Cc1ncncc1C(=O)O)CC1CCC1. The second-order valence-electron chi connectivity index (χ2n) is 4.81. The molecule has 1 aliphatic carbocycles. The summed E-state index contributed by atoms with van der Waals surface area (Å²) in [6.07, 6.45) is 6.72. The molecule has 18 heavy (non-hydrogen) atoms. The van der Waals surface area contributed by atoms with Crippen molar-refractivity contribution in [2.45, 2.75) is 32.7 Å². The third-order valence-corrected chi connectivity index (χ3v) is 3.59. The molecule has 2 rings (SSSR count). The molecular weight excluding hydrogens is 230 g/mol. The highest BCUT2D eigenvalue weighted by Gasteiger charge is 2.21. The molecule has 0 spiro atoms. The van der Waals surface area contributed by atoms with Crippen LogP contribution in [0.1, 0.15) is 42.2 Å². The Kier molecular flexibility index (Phi) is 4.25. The molecule has 0 unspecified atom stereocenters. The molecule has 0 saturated heterocycles. The van der Waals surface area contributed by atoms with Crippen molar-refractivity contribution in [3.8, 4) is 0 Å². The quantitative estimate of drug-likeness (QED) is 0.832. The molecule has 98 valence electrons. The van der Waals surface area contributed by atoms with Gasteiger partial charge in [-0.1, -0.05) is 13.3 Å². The fraction of sp³-hybridized carbons (Fsp3) is 0.615. The summed E-state index contributed by atoms with van der Waals surface area (Å²) in [6.45, 7) is 4.65. The molecule has 1 aliphatic rings. The van der Waals surface area contributed by atoms with Gasteiger partial charge in [0.25, 0.3) is 0 Å². The fourth-order valence-corrected chi connectivity index (χ4v) is 2.22. The first kappa shape index (κ1) is 13.0. The lowest BCUT2D eigenvalue weighted by atomic mass is 9.85. The smallest absolute Gasteiger partial charge is 0.339 e. The van der Waals surface area contributed by atoms with Crippen LogP contribution in [0.5, 0.6) is 0 Å². The number of aromatic nitrogens is 2. The van der Waals surface area contributed by atoms with E-state index in [1.807, 2.05) is 0 Å². The van der Waals surface area contributed by atoms with E-state index in [0.717, 1.165) is 19.0 Å². The Hall–Kier alpha value is -1.49. The lowest BCUT2D eigenvalue weighted by Crippen LogP contribution is -2.32. The zero-order valence-corrected chi connectivity index (χ0v) is 10.7. The van der Waals surface area contributed by atoms with Crippen LogP contribution in [0, 0.1) is 5.92 Å². The minimum absolute atomic E-state index is 0.213. The zero-order valence-electron chi connectivity index (χ0n) is 10.7. The number of nitrogens with zero attached hydrogens (tertiary/aromatic N) is 3. The largest absolute Gasteiger partial charge is 0.478 e. The molecular formula is C13H19N3O2. The molecule has 0 atom stereocenters. The Bertz CT molecular complexity index is 418. The first-order valence-corrected chi connectivity index (χ1v) is 6.45. The zero-order chi connectivity index (χ0) is 13.0. The molecule has 0 radical (unpaired) electrons. The van der Waals surface area contributed by atoms with Crippen molar-refractivity contribution >= 4 is 5.97 Å². The van der Waals surface area contributed by atoms with Crippen LogP contribution in [-0.2, 0) is 6.54 Å². The molecule has 1 heterocycles. The van der Waals surface area contributed by atoms with Gasteiger partial charge in [0.2, 0.25) is 0 Å². The number of hydrogen-bond donors (Lipinski definition) is 1. The number of carboxylic acids is 1. The Morgan fingerprint density at radius 2 is 2.33 bits per heavy atom. The average Bonchev–Trinajstić information content (AvgIpc) is 2.32. The highest BCUT2D eigenvalue weighted by molar-refractivity contribution is 5.88. The van der Waals surface area contributed by atoms with Gasteiger partial charge in [-0.25, -0.2) is 14.8 Å². The summed E-state index contributed by atoms with van der Waals surface area (Å²) in [7, 11) is 0. The van der Waals surface area contributed by atoms with Crippen LogP contribution in [0.3, 0.4) is 0 Å². The maximum absolute atomic E-state index is 11.1. The van der Waals surface area contributed by atoms with Crippen molar-refractivity contribution in [1.82, 2.24) is 14.9 Å². The van der Waals surface area contributed by atoms with Gasteiger partial charge in [-0.05, 0) is 25.3 Å². The van der Waals surface area contributed by atoms with E-state index in [-0.39, 0.29) is 5.56 Å². The molecule has 5 heteroatoms. The van der Waals surface area contributed by atoms with E-state index in [9.17, 15) is 4.79 Å². The van der Waals surface area contributed by atoms with E-state index in [0.29, 0.717) is 12.2 Å².